The maximum atomic E-state index is 14.0. The van der Waals surface area contributed by atoms with E-state index in [4.69, 9.17) is 15.6 Å². The van der Waals surface area contributed by atoms with Crippen LogP contribution < -0.4 is 9.64 Å². The number of nitrogens with zero attached hydrogens (tertiary/aromatic N) is 2. The molecule has 7 heteroatoms. The standard InChI is InChI=1S/C15H14F2N4O/c1-9(18)21(14-10(16)5-3-6-11(14)17)15(19)12-7-4-8-13(20-12)22-2/h3-8,18-19H,1-2H3. The van der Waals surface area contributed by atoms with Crippen molar-refractivity contribution in [2.45, 2.75) is 6.92 Å². The zero-order chi connectivity index (χ0) is 16.3. The Labute approximate surface area is 126 Å². The van der Waals surface area contributed by atoms with Crippen LogP contribution in [0.15, 0.2) is 36.4 Å². The summed E-state index contributed by atoms with van der Waals surface area (Å²) in [6.07, 6.45) is 0. The summed E-state index contributed by atoms with van der Waals surface area (Å²) in [5.41, 5.74) is -0.349. The molecule has 0 spiro atoms. The molecule has 2 aromatic rings. The molecular formula is C15H14F2N4O. The largest absolute Gasteiger partial charge is 0.481 e. The zero-order valence-electron chi connectivity index (χ0n) is 12.0. The molecule has 114 valence electrons. The molecule has 0 aliphatic heterocycles. The zero-order valence-corrected chi connectivity index (χ0v) is 12.0. The highest BCUT2D eigenvalue weighted by atomic mass is 19.1. The van der Waals surface area contributed by atoms with Crippen LogP contribution in [-0.2, 0) is 0 Å². The van der Waals surface area contributed by atoms with Crippen molar-refractivity contribution in [2.24, 2.45) is 0 Å². The summed E-state index contributed by atoms with van der Waals surface area (Å²) < 4.78 is 32.9. The molecule has 2 N–H and O–H groups in total. The lowest BCUT2D eigenvalue weighted by molar-refractivity contribution is 0.397. The lowest BCUT2D eigenvalue weighted by atomic mass is 10.2. The highest BCUT2D eigenvalue weighted by molar-refractivity contribution is 6.21. The van der Waals surface area contributed by atoms with Crippen molar-refractivity contribution in [3.63, 3.8) is 0 Å². The number of amidine groups is 2. The predicted octanol–water partition coefficient (Wildman–Crippen LogP) is 3.20. The van der Waals surface area contributed by atoms with Crippen LogP contribution in [0, 0.1) is 22.5 Å². The fourth-order valence-electron chi connectivity index (χ4n) is 1.92. The Balaban J connectivity index is 2.52. The minimum Gasteiger partial charge on any atom is -0.481 e. The third-order valence-corrected chi connectivity index (χ3v) is 2.90. The normalized spacial score (nSPS) is 10.2. The molecule has 2 rings (SSSR count). The summed E-state index contributed by atoms with van der Waals surface area (Å²) in [6.45, 7) is 1.33. The topological polar surface area (TPSA) is 73.1 Å². The molecule has 1 aromatic heterocycles. The van der Waals surface area contributed by atoms with E-state index in [1.54, 1.807) is 12.1 Å². The first-order chi connectivity index (χ1) is 10.5. The van der Waals surface area contributed by atoms with Gasteiger partial charge in [-0.15, -0.1) is 0 Å². The number of hydrogen-bond acceptors (Lipinski definition) is 4. The smallest absolute Gasteiger partial charge is 0.213 e. The summed E-state index contributed by atoms with van der Waals surface area (Å²) in [5, 5.41) is 15.9. The van der Waals surface area contributed by atoms with Gasteiger partial charge in [0, 0.05) is 6.07 Å². The molecular weight excluding hydrogens is 290 g/mol. The first-order valence-corrected chi connectivity index (χ1v) is 6.35. The van der Waals surface area contributed by atoms with Crippen molar-refractivity contribution in [1.29, 1.82) is 10.8 Å². The number of pyridine rings is 1. The van der Waals surface area contributed by atoms with Crippen LogP contribution in [0.25, 0.3) is 0 Å². The van der Waals surface area contributed by atoms with E-state index >= 15 is 0 Å². The van der Waals surface area contributed by atoms with Crippen molar-refractivity contribution in [3.8, 4) is 5.88 Å². The van der Waals surface area contributed by atoms with Gasteiger partial charge in [0.05, 0.1) is 7.11 Å². The first kappa shape index (κ1) is 15.6. The monoisotopic (exact) mass is 304 g/mol. The highest BCUT2D eigenvalue weighted by Crippen LogP contribution is 2.25. The molecule has 0 saturated carbocycles. The lowest BCUT2D eigenvalue weighted by Crippen LogP contribution is -2.36. The van der Waals surface area contributed by atoms with Crippen molar-refractivity contribution in [2.75, 3.05) is 12.0 Å². The van der Waals surface area contributed by atoms with Crippen LogP contribution >= 0.6 is 0 Å². The second-order valence-corrected chi connectivity index (χ2v) is 4.40. The Bertz CT molecular complexity index is 713. The van der Waals surface area contributed by atoms with Crippen LogP contribution in [0.5, 0.6) is 5.88 Å². The molecule has 5 nitrogen and oxygen atoms in total. The molecule has 0 aliphatic rings. The van der Waals surface area contributed by atoms with Gasteiger partial charge in [0.1, 0.15) is 28.9 Å². The minimum atomic E-state index is -0.862. The molecule has 0 fully saturated rings. The van der Waals surface area contributed by atoms with Crippen LogP contribution in [-0.4, -0.2) is 23.8 Å². The minimum absolute atomic E-state index is 0.133. The van der Waals surface area contributed by atoms with Gasteiger partial charge in [-0.2, -0.15) is 0 Å². The summed E-state index contributed by atoms with van der Waals surface area (Å²) in [4.78, 5) is 4.90. The Kier molecular flexibility index (Phi) is 4.45. The third kappa shape index (κ3) is 2.93. The quantitative estimate of drug-likeness (QED) is 0.675. The van der Waals surface area contributed by atoms with E-state index in [-0.39, 0.29) is 23.2 Å². The van der Waals surface area contributed by atoms with Crippen LogP contribution in [0.2, 0.25) is 0 Å². The molecule has 22 heavy (non-hydrogen) atoms. The fraction of sp³-hybridized carbons (Fsp3) is 0.133. The molecule has 1 heterocycles. The van der Waals surface area contributed by atoms with Crippen molar-refractivity contribution in [3.05, 3.63) is 53.7 Å². The Morgan fingerprint density at radius 2 is 1.68 bits per heavy atom. The Morgan fingerprint density at radius 3 is 2.23 bits per heavy atom. The second-order valence-electron chi connectivity index (χ2n) is 4.40. The average molecular weight is 304 g/mol. The van der Waals surface area contributed by atoms with Gasteiger partial charge >= 0.3 is 0 Å². The molecule has 0 bridgehead atoms. The maximum absolute atomic E-state index is 14.0. The molecule has 0 amide bonds. The number of methoxy groups -OCH3 is 1. The number of rotatable bonds is 3. The van der Waals surface area contributed by atoms with Gasteiger partial charge in [-0.1, -0.05) is 12.1 Å². The first-order valence-electron chi connectivity index (χ1n) is 6.35. The number of nitrogens with one attached hydrogen (secondary N) is 2. The van der Waals surface area contributed by atoms with Gasteiger partial charge in [-0.25, -0.2) is 13.8 Å². The van der Waals surface area contributed by atoms with Crippen LogP contribution in [0.4, 0.5) is 14.5 Å². The van der Waals surface area contributed by atoms with E-state index in [1.165, 1.54) is 26.2 Å². The number of benzene rings is 1. The summed E-state index contributed by atoms with van der Waals surface area (Å²) in [5.74, 6) is -1.99. The van der Waals surface area contributed by atoms with E-state index in [0.29, 0.717) is 0 Å². The fourth-order valence-corrected chi connectivity index (χ4v) is 1.92. The van der Waals surface area contributed by atoms with E-state index in [0.717, 1.165) is 17.0 Å². The van der Waals surface area contributed by atoms with Gasteiger partial charge in [0.2, 0.25) is 5.88 Å². The average Bonchev–Trinajstić information content (AvgIpc) is 2.50. The summed E-state index contributed by atoms with van der Waals surface area (Å²) in [6, 6.07) is 8.05. The van der Waals surface area contributed by atoms with E-state index in [1.807, 2.05) is 0 Å². The van der Waals surface area contributed by atoms with Gasteiger partial charge < -0.3 is 4.74 Å². The number of para-hydroxylation sites is 1. The van der Waals surface area contributed by atoms with Gasteiger partial charge in [0.15, 0.2) is 5.84 Å². The highest BCUT2D eigenvalue weighted by Gasteiger charge is 2.24. The van der Waals surface area contributed by atoms with Gasteiger partial charge in [-0.3, -0.25) is 15.7 Å². The number of halogens is 2. The molecule has 0 aliphatic carbocycles. The second kappa shape index (κ2) is 6.30. The van der Waals surface area contributed by atoms with E-state index < -0.39 is 17.3 Å². The molecule has 0 unspecified atom stereocenters. The molecule has 0 atom stereocenters. The van der Waals surface area contributed by atoms with E-state index in [2.05, 4.69) is 4.98 Å². The summed E-state index contributed by atoms with van der Waals surface area (Å²) >= 11 is 0. The maximum Gasteiger partial charge on any atom is 0.213 e. The molecule has 0 saturated heterocycles. The van der Waals surface area contributed by atoms with Crippen molar-refractivity contribution < 1.29 is 13.5 Å². The summed E-state index contributed by atoms with van der Waals surface area (Å²) in [7, 11) is 1.42. The van der Waals surface area contributed by atoms with Crippen molar-refractivity contribution >= 4 is 17.4 Å². The predicted molar refractivity (Wildman–Crippen MR) is 79.9 cm³/mol. The Hall–Kier alpha value is -2.83. The van der Waals surface area contributed by atoms with Gasteiger partial charge in [0.25, 0.3) is 0 Å². The number of hydrogen-bond donors (Lipinski definition) is 2. The number of aromatic nitrogens is 1. The molecule has 1 aromatic carbocycles. The number of anilines is 1. The van der Waals surface area contributed by atoms with E-state index in [9.17, 15) is 8.78 Å². The SMILES string of the molecule is COc1cccc(C(=N)N(C(C)=N)c2c(F)cccc2F)n1. The van der Waals surface area contributed by atoms with Crippen LogP contribution in [0.3, 0.4) is 0 Å². The van der Waals surface area contributed by atoms with Gasteiger partial charge in [-0.05, 0) is 25.1 Å². The van der Waals surface area contributed by atoms with Crippen molar-refractivity contribution in [1.82, 2.24) is 4.98 Å². The Morgan fingerprint density at radius 1 is 1.09 bits per heavy atom. The number of ether oxygens (including phenoxy) is 1. The van der Waals surface area contributed by atoms with Crippen LogP contribution in [0.1, 0.15) is 12.6 Å². The molecule has 0 radical (unpaired) electrons. The lowest BCUT2D eigenvalue weighted by Gasteiger charge is -2.24. The third-order valence-electron chi connectivity index (χ3n) is 2.90.